The van der Waals surface area contributed by atoms with Crippen LogP contribution in [0.25, 0.3) is 0 Å². The van der Waals surface area contributed by atoms with Gasteiger partial charge in [-0.2, -0.15) is 0 Å². The van der Waals surface area contributed by atoms with E-state index < -0.39 is 0 Å². The van der Waals surface area contributed by atoms with Crippen molar-refractivity contribution in [2.45, 2.75) is 66.4 Å². The number of rotatable bonds is 4. The molecule has 1 N–H and O–H groups in total. The summed E-state index contributed by atoms with van der Waals surface area (Å²) < 4.78 is 0. The maximum absolute atomic E-state index is 9.47. The van der Waals surface area contributed by atoms with Gasteiger partial charge in [0.1, 0.15) is 0 Å². The van der Waals surface area contributed by atoms with Gasteiger partial charge < -0.3 is 10.0 Å². The van der Waals surface area contributed by atoms with Crippen LogP contribution in [0.4, 0.5) is 0 Å². The van der Waals surface area contributed by atoms with Gasteiger partial charge in [-0.15, -0.1) is 0 Å². The first-order chi connectivity index (χ1) is 7.33. The fourth-order valence-corrected chi connectivity index (χ4v) is 1.69. The summed E-state index contributed by atoms with van der Waals surface area (Å²) in [5.74, 6) is 0. The molecular formula is C13H31NO. The van der Waals surface area contributed by atoms with Crippen molar-refractivity contribution in [2.24, 2.45) is 0 Å². The molecule has 0 radical (unpaired) electrons. The first kappa shape index (κ1) is 17.3. The molecule has 1 aliphatic rings. The predicted octanol–water partition coefficient (Wildman–Crippen LogP) is 3.30. The number of hydrogen-bond donors (Lipinski definition) is 1. The van der Waals surface area contributed by atoms with Crippen molar-refractivity contribution in [1.82, 2.24) is 4.90 Å². The van der Waals surface area contributed by atoms with Crippen LogP contribution in [0.1, 0.15) is 60.3 Å². The Morgan fingerprint density at radius 2 is 1.53 bits per heavy atom. The molecule has 0 spiro atoms. The Balaban J connectivity index is 0. The van der Waals surface area contributed by atoms with Crippen LogP contribution in [-0.4, -0.2) is 35.7 Å². The third kappa shape index (κ3) is 10.2. The van der Waals surface area contributed by atoms with Crippen molar-refractivity contribution in [3.05, 3.63) is 0 Å². The van der Waals surface area contributed by atoms with E-state index in [0.29, 0.717) is 0 Å². The number of aliphatic hydroxyl groups excluding tert-OH is 1. The summed E-state index contributed by atoms with van der Waals surface area (Å²) in [5.41, 5.74) is 0. The summed E-state index contributed by atoms with van der Waals surface area (Å²) in [6.45, 7) is 13.4. The van der Waals surface area contributed by atoms with E-state index in [-0.39, 0.29) is 6.10 Å². The highest BCUT2D eigenvalue weighted by molar-refractivity contribution is 4.69. The first-order valence-corrected chi connectivity index (χ1v) is 6.73. The average molecular weight is 217 g/mol. The van der Waals surface area contributed by atoms with Gasteiger partial charge in [0.2, 0.25) is 0 Å². The van der Waals surface area contributed by atoms with Crippen LogP contribution in [0.15, 0.2) is 0 Å². The highest BCUT2D eigenvalue weighted by Crippen LogP contribution is 2.09. The van der Waals surface area contributed by atoms with Crippen molar-refractivity contribution >= 4 is 0 Å². The van der Waals surface area contributed by atoms with Crippen molar-refractivity contribution in [3.8, 4) is 0 Å². The Morgan fingerprint density at radius 1 is 1.07 bits per heavy atom. The van der Waals surface area contributed by atoms with Gasteiger partial charge in [-0.1, -0.05) is 41.0 Å². The SMILES string of the molecule is CC.CC.CCCC(O)CN1CCCC1. The number of likely N-dealkylation sites (tertiary alicyclic amines) is 1. The van der Waals surface area contributed by atoms with E-state index in [4.69, 9.17) is 0 Å². The molecule has 1 aliphatic heterocycles. The van der Waals surface area contributed by atoms with Gasteiger partial charge in [-0.25, -0.2) is 0 Å². The van der Waals surface area contributed by atoms with Crippen LogP contribution in [0, 0.1) is 0 Å². The number of nitrogens with zero attached hydrogens (tertiary/aromatic N) is 1. The summed E-state index contributed by atoms with van der Waals surface area (Å²) >= 11 is 0. The second-order valence-corrected chi connectivity index (χ2v) is 3.45. The normalized spacial score (nSPS) is 17.2. The van der Waals surface area contributed by atoms with Crippen LogP contribution in [0.3, 0.4) is 0 Å². The maximum Gasteiger partial charge on any atom is 0.0667 e. The Kier molecular flexibility index (Phi) is 16.1. The molecule has 1 unspecified atom stereocenters. The van der Waals surface area contributed by atoms with Gasteiger partial charge in [0.25, 0.3) is 0 Å². The zero-order valence-electron chi connectivity index (χ0n) is 11.4. The van der Waals surface area contributed by atoms with Crippen molar-refractivity contribution in [3.63, 3.8) is 0 Å². The fourth-order valence-electron chi connectivity index (χ4n) is 1.69. The smallest absolute Gasteiger partial charge is 0.0667 e. The zero-order valence-corrected chi connectivity index (χ0v) is 11.4. The maximum atomic E-state index is 9.47. The minimum Gasteiger partial charge on any atom is -0.392 e. The molecule has 1 rings (SSSR count). The summed E-state index contributed by atoms with van der Waals surface area (Å²) in [4.78, 5) is 2.36. The minimum atomic E-state index is -0.0851. The molecule has 0 saturated carbocycles. The van der Waals surface area contributed by atoms with E-state index in [2.05, 4.69) is 11.8 Å². The molecule has 2 heteroatoms. The number of hydrogen-bond acceptors (Lipinski definition) is 2. The molecule has 0 amide bonds. The van der Waals surface area contributed by atoms with Crippen LogP contribution in [0.2, 0.25) is 0 Å². The molecule has 0 aromatic rings. The van der Waals surface area contributed by atoms with Crippen LogP contribution >= 0.6 is 0 Å². The molecule has 0 aromatic heterocycles. The zero-order chi connectivity index (χ0) is 12.1. The van der Waals surface area contributed by atoms with Gasteiger partial charge in [-0.3, -0.25) is 0 Å². The topological polar surface area (TPSA) is 23.5 Å². The number of β-amino-alcohol motifs (C(OH)–C–C–N with tert-alkyl or cyclic N) is 1. The monoisotopic (exact) mass is 217 g/mol. The fraction of sp³-hybridized carbons (Fsp3) is 1.00. The second-order valence-electron chi connectivity index (χ2n) is 3.45. The average Bonchev–Trinajstić information content (AvgIpc) is 2.77. The Labute approximate surface area is 96.7 Å². The van der Waals surface area contributed by atoms with E-state index in [9.17, 15) is 5.11 Å². The predicted molar refractivity (Wildman–Crippen MR) is 69.3 cm³/mol. The second kappa shape index (κ2) is 13.9. The standard InChI is InChI=1S/C9H19NO.2C2H6/c1-2-5-9(11)8-10-6-3-4-7-10;2*1-2/h9,11H,2-8H2,1H3;2*1-2H3. The highest BCUT2D eigenvalue weighted by Gasteiger charge is 2.14. The van der Waals surface area contributed by atoms with Gasteiger partial charge in [0.15, 0.2) is 0 Å². The van der Waals surface area contributed by atoms with Crippen LogP contribution < -0.4 is 0 Å². The molecule has 0 bridgehead atoms. The van der Waals surface area contributed by atoms with E-state index >= 15 is 0 Å². The first-order valence-electron chi connectivity index (χ1n) is 6.73. The Morgan fingerprint density at radius 3 is 1.93 bits per heavy atom. The molecule has 1 fully saturated rings. The molecule has 1 heterocycles. The third-order valence-electron chi connectivity index (χ3n) is 2.29. The third-order valence-corrected chi connectivity index (χ3v) is 2.29. The van der Waals surface area contributed by atoms with Gasteiger partial charge in [0, 0.05) is 6.54 Å². The molecule has 94 valence electrons. The largest absolute Gasteiger partial charge is 0.392 e. The highest BCUT2D eigenvalue weighted by atomic mass is 16.3. The van der Waals surface area contributed by atoms with Crippen molar-refractivity contribution in [1.29, 1.82) is 0 Å². The van der Waals surface area contributed by atoms with Gasteiger partial charge in [-0.05, 0) is 32.4 Å². The summed E-state index contributed by atoms with van der Waals surface area (Å²) in [5, 5.41) is 9.47. The molecule has 15 heavy (non-hydrogen) atoms. The van der Waals surface area contributed by atoms with E-state index in [1.165, 1.54) is 25.9 Å². The Hall–Kier alpha value is -0.0800. The molecule has 0 aliphatic carbocycles. The lowest BCUT2D eigenvalue weighted by Gasteiger charge is -2.18. The summed E-state index contributed by atoms with van der Waals surface area (Å²) in [6.07, 6.45) is 4.60. The lowest BCUT2D eigenvalue weighted by atomic mass is 10.2. The van der Waals surface area contributed by atoms with E-state index in [1.54, 1.807) is 0 Å². The minimum absolute atomic E-state index is 0.0851. The molecule has 1 saturated heterocycles. The molecule has 0 aromatic carbocycles. The quantitative estimate of drug-likeness (QED) is 0.781. The van der Waals surface area contributed by atoms with Gasteiger partial charge in [0.05, 0.1) is 6.10 Å². The molecule has 2 nitrogen and oxygen atoms in total. The van der Waals surface area contributed by atoms with Crippen LogP contribution in [0.5, 0.6) is 0 Å². The summed E-state index contributed by atoms with van der Waals surface area (Å²) in [6, 6.07) is 0. The van der Waals surface area contributed by atoms with Crippen LogP contribution in [-0.2, 0) is 0 Å². The van der Waals surface area contributed by atoms with Gasteiger partial charge >= 0.3 is 0 Å². The van der Waals surface area contributed by atoms with E-state index in [1.807, 2.05) is 27.7 Å². The van der Waals surface area contributed by atoms with E-state index in [0.717, 1.165) is 19.4 Å². The molecular weight excluding hydrogens is 186 g/mol. The summed E-state index contributed by atoms with van der Waals surface area (Å²) in [7, 11) is 0. The van der Waals surface area contributed by atoms with Crippen molar-refractivity contribution < 1.29 is 5.11 Å². The number of aliphatic hydroxyl groups is 1. The lowest BCUT2D eigenvalue weighted by molar-refractivity contribution is 0.116. The lowest BCUT2D eigenvalue weighted by Crippen LogP contribution is -2.29. The molecule has 1 atom stereocenters. The van der Waals surface area contributed by atoms with Crippen molar-refractivity contribution in [2.75, 3.05) is 19.6 Å². The Bertz CT molecular complexity index is 101.